The van der Waals surface area contributed by atoms with Crippen molar-refractivity contribution in [1.29, 1.82) is 0 Å². The van der Waals surface area contributed by atoms with Gasteiger partial charge in [-0.15, -0.1) is 0 Å². The van der Waals surface area contributed by atoms with Crippen LogP contribution in [0.3, 0.4) is 0 Å². The second-order valence-corrected chi connectivity index (χ2v) is 3.22. The van der Waals surface area contributed by atoms with Crippen LogP contribution in [0.4, 0.5) is 0 Å². The Bertz CT molecular complexity index is 205. The van der Waals surface area contributed by atoms with E-state index in [0.717, 1.165) is 10.2 Å². The molecule has 0 saturated heterocycles. The first-order valence-electron chi connectivity index (χ1n) is 3.14. The van der Waals surface area contributed by atoms with Gasteiger partial charge in [0.05, 0.1) is 5.69 Å². The lowest BCUT2D eigenvalue weighted by atomic mass is 10.2. The van der Waals surface area contributed by atoms with E-state index >= 15 is 0 Å². The molecule has 0 radical (unpaired) electrons. The van der Waals surface area contributed by atoms with Crippen molar-refractivity contribution in [2.45, 2.75) is 13.0 Å². The largest absolute Gasteiger partial charge is 0.350 e. The van der Waals surface area contributed by atoms with Crippen LogP contribution in [-0.4, -0.2) is 4.98 Å². The fourth-order valence-electron chi connectivity index (χ4n) is 0.679. The Hall–Kier alpha value is -0.410. The van der Waals surface area contributed by atoms with Crippen molar-refractivity contribution in [3.8, 4) is 0 Å². The monoisotopic (exact) mass is 201 g/mol. The van der Waals surface area contributed by atoms with Gasteiger partial charge in [-0.1, -0.05) is 0 Å². The first-order valence-corrected chi connectivity index (χ1v) is 3.94. The Balaban J connectivity index is 2.89. The van der Waals surface area contributed by atoms with E-state index in [4.69, 9.17) is 0 Å². The number of rotatable bonds is 1. The van der Waals surface area contributed by atoms with E-state index in [1.807, 2.05) is 19.1 Å². The molecule has 2 nitrogen and oxygen atoms in total. The van der Waals surface area contributed by atoms with E-state index in [2.05, 4.69) is 26.6 Å². The zero-order chi connectivity index (χ0) is 7.56. The summed E-state index contributed by atoms with van der Waals surface area (Å²) in [6.45, 7) is 2.02. The summed E-state index contributed by atoms with van der Waals surface area (Å²) in [6, 6.07) is 4.22. The highest BCUT2D eigenvalue weighted by Crippen LogP contribution is 2.09. The highest BCUT2D eigenvalue weighted by molar-refractivity contribution is 9.10. The Morgan fingerprint density at radius 2 is 2.30 bits per heavy atom. The van der Waals surface area contributed by atoms with E-state index in [0.29, 0.717) is 0 Å². The third kappa shape index (κ3) is 1.78. The average molecular weight is 202 g/mol. The molecule has 1 aromatic heterocycles. The van der Waals surface area contributed by atoms with E-state index in [9.17, 15) is 0 Å². The summed E-state index contributed by atoms with van der Waals surface area (Å²) in [4.78, 5) is 4.17. The van der Waals surface area contributed by atoms with Gasteiger partial charge < -0.3 is 5.73 Å². The lowest BCUT2D eigenvalue weighted by Gasteiger charge is -1.99. The second-order valence-electron chi connectivity index (χ2n) is 2.30. The molecule has 0 saturated carbocycles. The molecule has 0 aromatic carbocycles. The van der Waals surface area contributed by atoms with Crippen molar-refractivity contribution in [2.75, 3.05) is 0 Å². The highest BCUT2D eigenvalue weighted by Gasteiger charge is 2.01. The van der Waals surface area contributed by atoms with Gasteiger partial charge >= 0.3 is 0 Å². The number of aromatic nitrogens is 1. The molecule has 0 unspecified atom stereocenters. The molecule has 3 heteroatoms. The van der Waals surface area contributed by atoms with Gasteiger partial charge in [0.2, 0.25) is 0 Å². The number of nitrogens with zero attached hydrogens (tertiary/aromatic N) is 1. The minimum atomic E-state index is 0.271. The van der Waals surface area contributed by atoms with Crippen LogP contribution in [0.2, 0.25) is 0 Å². The van der Waals surface area contributed by atoms with Crippen LogP contribution in [0, 0.1) is 0 Å². The van der Waals surface area contributed by atoms with Crippen LogP contribution in [0.25, 0.3) is 0 Å². The van der Waals surface area contributed by atoms with Gasteiger partial charge in [-0.25, -0.2) is 0 Å². The molecular weight excluding hydrogens is 192 g/mol. The molecule has 0 aliphatic heterocycles. The van der Waals surface area contributed by atoms with Gasteiger partial charge in [-0.05, 0) is 35.0 Å². The van der Waals surface area contributed by atoms with Crippen LogP contribution < -0.4 is 5.73 Å². The van der Waals surface area contributed by atoms with E-state index < -0.39 is 0 Å². The summed E-state index contributed by atoms with van der Waals surface area (Å²) in [5.41, 5.74) is 4.89. The maximum atomic E-state index is 4.17. The first-order chi connectivity index (χ1) is 4.70. The molecule has 1 atom stereocenters. The SMILES string of the molecule is C[C@H]([NH3+])c1ccc(Br)cn1. The third-order valence-corrected chi connectivity index (χ3v) is 1.72. The van der Waals surface area contributed by atoms with E-state index in [1.54, 1.807) is 6.20 Å². The minimum absolute atomic E-state index is 0.271. The first kappa shape index (κ1) is 7.69. The molecule has 0 fully saturated rings. The van der Waals surface area contributed by atoms with Gasteiger partial charge in [0.25, 0.3) is 0 Å². The highest BCUT2D eigenvalue weighted by atomic mass is 79.9. The molecule has 0 aliphatic carbocycles. The standard InChI is InChI=1S/C7H9BrN2/c1-5(9)7-3-2-6(8)4-10-7/h2-5H,9H2,1H3/p+1/t5-/m0/s1. The molecule has 0 aliphatic rings. The van der Waals surface area contributed by atoms with E-state index in [-0.39, 0.29) is 6.04 Å². The molecule has 54 valence electrons. The van der Waals surface area contributed by atoms with E-state index in [1.165, 1.54) is 0 Å². The summed E-state index contributed by atoms with van der Waals surface area (Å²) >= 11 is 3.31. The normalized spacial score (nSPS) is 13.1. The number of halogens is 1. The van der Waals surface area contributed by atoms with Crippen molar-refractivity contribution >= 4 is 15.9 Å². The average Bonchev–Trinajstić information content (AvgIpc) is 1.88. The van der Waals surface area contributed by atoms with Crippen molar-refractivity contribution in [3.05, 3.63) is 28.5 Å². The van der Waals surface area contributed by atoms with Crippen molar-refractivity contribution in [3.63, 3.8) is 0 Å². The zero-order valence-electron chi connectivity index (χ0n) is 5.84. The van der Waals surface area contributed by atoms with Crippen LogP contribution >= 0.6 is 15.9 Å². The Kier molecular flexibility index (Phi) is 2.40. The van der Waals surface area contributed by atoms with Gasteiger partial charge in [-0.2, -0.15) is 0 Å². The Morgan fingerprint density at radius 1 is 1.60 bits per heavy atom. The van der Waals surface area contributed by atoms with Crippen LogP contribution in [-0.2, 0) is 0 Å². The molecule has 0 spiro atoms. The molecule has 10 heavy (non-hydrogen) atoms. The van der Waals surface area contributed by atoms with Gasteiger partial charge in [0.15, 0.2) is 0 Å². The lowest BCUT2D eigenvalue weighted by Crippen LogP contribution is -2.52. The van der Waals surface area contributed by atoms with Crippen molar-refractivity contribution in [2.24, 2.45) is 0 Å². The quantitative estimate of drug-likeness (QED) is 0.728. The summed E-state index contributed by atoms with van der Waals surface area (Å²) in [5, 5.41) is 0. The molecule has 3 N–H and O–H groups in total. The zero-order valence-corrected chi connectivity index (χ0v) is 7.43. The topological polar surface area (TPSA) is 40.5 Å². The fraction of sp³-hybridized carbons (Fsp3) is 0.286. The smallest absolute Gasteiger partial charge is 0.124 e. The molecule has 0 bridgehead atoms. The van der Waals surface area contributed by atoms with Crippen molar-refractivity contribution in [1.82, 2.24) is 4.98 Å². The maximum Gasteiger partial charge on any atom is 0.124 e. The van der Waals surface area contributed by atoms with Crippen LogP contribution in [0.1, 0.15) is 18.7 Å². The third-order valence-electron chi connectivity index (χ3n) is 1.26. The summed E-state index contributed by atoms with van der Waals surface area (Å²) in [7, 11) is 0. The number of hydrogen-bond donors (Lipinski definition) is 1. The van der Waals surface area contributed by atoms with Gasteiger partial charge in [-0.3, -0.25) is 4.98 Å². The molecular formula is C7H10BrN2+. The van der Waals surface area contributed by atoms with Crippen molar-refractivity contribution < 1.29 is 5.73 Å². The predicted octanol–water partition coefficient (Wildman–Crippen LogP) is 1.15. The summed E-state index contributed by atoms with van der Waals surface area (Å²) in [6.07, 6.45) is 1.79. The number of quaternary nitrogens is 1. The lowest BCUT2D eigenvalue weighted by molar-refractivity contribution is -0.421. The van der Waals surface area contributed by atoms with Crippen LogP contribution in [0.15, 0.2) is 22.8 Å². The summed E-state index contributed by atoms with van der Waals surface area (Å²) < 4.78 is 1.01. The fourth-order valence-corrected chi connectivity index (χ4v) is 0.913. The molecule has 0 amide bonds. The molecule has 1 aromatic rings. The van der Waals surface area contributed by atoms with Crippen LogP contribution in [0.5, 0.6) is 0 Å². The maximum absolute atomic E-state index is 4.17. The number of pyridine rings is 1. The van der Waals surface area contributed by atoms with Gasteiger partial charge in [0.1, 0.15) is 6.04 Å². The Labute approximate surface area is 68.6 Å². The predicted molar refractivity (Wildman–Crippen MR) is 43.2 cm³/mol. The Morgan fingerprint density at radius 3 is 2.70 bits per heavy atom. The second kappa shape index (κ2) is 3.12. The minimum Gasteiger partial charge on any atom is -0.350 e. The molecule has 1 rings (SSSR count). The van der Waals surface area contributed by atoms with Gasteiger partial charge in [0, 0.05) is 10.7 Å². The number of hydrogen-bond acceptors (Lipinski definition) is 1. The molecule has 1 heterocycles. The summed E-state index contributed by atoms with van der Waals surface area (Å²) in [5.74, 6) is 0.